The second kappa shape index (κ2) is 4.62. The quantitative estimate of drug-likeness (QED) is 0.800. The van der Waals surface area contributed by atoms with E-state index in [9.17, 15) is 9.59 Å². The van der Waals surface area contributed by atoms with Crippen molar-refractivity contribution in [1.29, 1.82) is 0 Å². The molecular formula is C15H9Cl2NO2. The third-order valence-electron chi connectivity index (χ3n) is 3.28. The van der Waals surface area contributed by atoms with E-state index in [-0.39, 0.29) is 11.6 Å². The van der Waals surface area contributed by atoms with Crippen LogP contribution >= 0.6 is 23.2 Å². The zero-order valence-electron chi connectivity index (χ0n) is 10.5. The summed E-state index contributed by atoms with van der Waals surface area (Å²) in [6.45, 7) is 0. The molecule has 1 aliphatic carbocycles. The van der Waals surface area contributed by atoms with Gasteiger partial charge in [-0.05, 0) is 24.3 Å². The smallest absolute Gasteiger partial charge is 0.188 e. The Bertz CT molecular complexity index is 767. The predicted octanol–water partition coefficient (Wildman–Crippen LogP) is 3.93. The van der Waals surface area contributed by atoms with Crippen LogP contribution in [0.2, 0.25) is 10.0 Å². The average Bonchev–Trinajstić information content (AvgIpc) is 2.73. The highest BCUT2D eigenvalue weighted by atomic mass is 35.5. The van der Waals surface area contributed by atoms with Gasteiger partial charge in [-0.1, -0.05) is 29.3 Å². The number of nitrogens with zero attached hydrogens (tertiary/aromatic N) is 1. The minimum atomic E-state index is -0.216. The molecule has 5 heteroatoms. The molecule has 0 atom stereocenters. The molecule has 0 saturated heterocycles. The molecule has 0 fully saturated rings. The van der Waals surface area contributed by atoms with Crippen molar-refractivity contribution in [3.8, 4) is 11.3 Å². The van der Waals surface area contributed by atoms with Crippen molar-refractivity contribution in [2.24, 2.45) is 7.05 Å². The van der Waals surface area contributed by atoms with Crippen LogP contribution in [-0.2, 0) is 7.05 Å². The maximum absolute atomic E-state index is 12.1. The maximum atomic E-state index is 12.1. The summed E-state index contributed by atoms with van der Waals surface area (Å²) in [4.78, 5) is 24.0. The van der Waals surface area contributed by atoms with Crippen LogP contribution in [0.25, 0.3) is 11.3 Å². The lowest BCUT2D eigenvalue weighted by Gasteiger charge is -2.11. The highest BCUT2D eigenvalue weighted by Crippen LogP contribution is 2.39. The first-order valence-corrected chi connectivity index (χ1v) is 6.66. The van der Waals surface area contributed by atoms with Crippen LogP contribution < -0.4 is 0 Å². The van der Waals surface area contributed by atoms with Gasteiger partial charge in [0.15, 0.2) is 11.6 Å². The third-order valence-corrected chi connectivity index (χ3v) is 3.91. The average molecular weight is 306 g/mol. The van der Waals surface area contributed by atoms with Crippen molar-refractivity contribution in [3.05, 3.63) is 57.7 Å². The van der Waals surface area contributed by atoms with Crippen molar-refractivity contribution in [2.75, 3.05) is 0 Å². The highest BCUT2D eigenvalue weighted by Gasteiger charge is 2.28. The van der Waals surface area contributed by atoms with E-state index in [0.717, 1.165) is 0 Å². The van der Waals surface area contributed by atoms with Gasteiger partial charge in [-0.15, -0.1) is 0 Å². The number of aryl methyl sites for hydroxylation is 1. The van der Waals surface area contributed by atoms with Gasteiger partial charge >= 0.3 is 0 Å². The van der Waals surface area contributed by atoms with Crippen LogP contribution in [0.4, 0.5) is 0 Å². The van der Waals surface area contributed by atoms with Crippen LogP contribution in [0.15, 0.2) is 36.5 Å². The minimum Gasteiger partial charge on any atom is -0.349 e. The fourth-order valence-electron chi connectivity index (χ4n) is 2.41. The molecule has 0 radical (unpaired) electrons. The molecule has 20 heavy (non-hydrogen) atoms. The van der Waals surface area contributed by atoms with E-state index >= 15 is 0 Å². The van der Waals surface area contributed by atoms with E-state index in [4.69, 9.17) is 23.2 Å². The molecule has 3 nitrogen and oxygen atoms in total. The third kappa shape index (κ3) is 1.82. The van der Waals surface area contributed by atoms with E-state index in [1.807, 2.05) is 0 Å². The van der Waals surface area contributed by atoms with Crippen LogP contribution in [0, 0.1) is 0 Å². The second-order valence-electron chi connectivity index (χ2n) is 4.54. The Morgan fingerprint density at radius 1 is 0.950 bits per heavy atom. The number of aromatic nitrogens is 1. The number of allylic oxidation sites excluding steroid dienone is 2. The summed E-state index contributed by atoms with van der Waals surface area (Å²) in [6, 6.07) is 5.14. The monoisotopic (exact) mass is 305 g/mol. The van der Waals surface area contributed by atoms with Crippen molar-refractivity contribution in [2.45, 2.75) is 0 Å². The van der Waals surface area contributed by atoms with Gasteiger partial charge in [0, 0.05) is 18.8 Å². The molecule has 1 heterocycles. The normalized spacial score (nSPS) is 13.8. The molecule has 0 saturated carbocycles. The number of carbonyl (C=O) groups excluding carboxylic acids is 2. The molecule has 2 aromatic rings. The number of halogens is 2. The van der Waals surface area contributed by atoms with Crippen molar-refractivity contribution in [3.63, 3.8) is 0 Å². The van der Waals surface area contributed by atoms with Gasteiger partial charge in [-0.25, -0.2) is 0 Å². The Kier molecular flexibility index (Phi) is 3.04. The largest absolute Gasteiger partial charge is 0.349 e. The molecule has 100 valence electrons. The zero-order valence-corrected chi connectivity index (χ0v) is 12.0. The molecule has 0 unspecified atom stereocenters. The lowest BCUT2D eigenvalue weighted by molar-refractivity contribution is 0.0995. The van der Waals surface area contributed by atoms with Crippen LogP contribution in [0.3, 0.4) is 0 Å². The number of hydrogen-bond donors (Lipinski definition) is 0. The SMILES string of the molecule is Cn1cc2c(c1-c1c(Cl)cccc1Cl)C(=O)C=CC2=O. The molecular weight excluding hydrogens is 297 g/mol. The summed E-state index contributed by atoms with van der Waals surface area (Å²) in [5.41, 5.74) is 1.87. The summed E-state index contributed by atoms with van der Waals surface area (Å²) in [5, 5.41) is 0.882. The highest BCUT2D eigenvalue weighted by molar-refractivity contribution is 6.39. The van der Waals surface area contributed by atoms with E-state index in [1.165, 1.54) is 12.2 Å². The lowest BCUT2D eigenvalue weighted by atomic mass is 9.95. The van der Waals surface area contributed by atoms with Gasteiger partial charge < -0.3 is 4.57 Å². The van der Waals surface area contributed by atoms with E-state index in [0.29, 0.717) is 32.4 Å². The van der Waals surface area contributed by atoms with E-state index < -0.39 is 0 Å². The van der Waals surface area contributed by atoms with Gasteiger partial charge in [0.2, 0.25) is 0 Å². The Balaban J connectivity index is 2.38. The van der Waals surface area contributed by atoms with Crippen LogP contribution in [0.1, 0.15) is 20.7 Å². The number of ketones is 2. The molecule has 3 rings (SSSR count). The number of hydrogen-bond acceptors (Lipinski definition) is 2. The van der Waals surface area contributed by atoms with Crippen LogP contribution in [-0.4, -0.2) is 16.1 Å². The molecule has 0 bridgehead atoms. The van der Waals surface area contributed by atoms with Gasteiger partial charge in [0.25, 0.3) is 0 Å². The first-order valence-electron chi connectivity index (χ1n) is 5.91. The zero-order chi connectivity index (χ0) is 14.4. The molecule has 0 aliphatic heterocycles. The number of carbonyl (C=O) groups is 2. The van der Waals surface area contributed by atoms with Crippen molar-refractivity contribution >= 4 is 34.8 Å². The van der Waals surface area contributed by atoms with Gasteiger partial charge in [-0.3, -0.25) is 9.59 Å². The second-order valence-corrected chi connectivity index (χ2v) is 5.35. The lowest BCUT2D eigenvalue weighted by Crippen LogP contribution is -2.10. The molecule has 0 amide bonds. The topological polar surface area (TPSA) is 39.1 Å². The van der Waals surface area contributed by atoms with E-state index in [2.05, 4.69) is 0 Å². The fourth-order valence-corrected chi connectivity index (χ4v) is 2.99. The number of fused-ring (bicyclic) bond motifs is 1. The van der Waals surface area contributed by atoms with Gasteiger partial charge in [-0.2, -0.15) is 0 Å². The summed E-state index contributed by atoms with van der Waals surface area (Å²) >= 11 is 12.4. The summed E-state index contributed by atoms with van der Waals surface area (Å²) in [7, 11) is 1.76. The fraction of sp³-hybridized carbons (Fsp3) is 0.0667. The first-order chi connectivity index (χ1) is 9.50. The Morgan fingerprint density at radius 3 is 2.20 bits per heavy atom. The van der Waals surface area contributed by atoms with Crippen molar-refractivity contribution in [1.82, 2.24) is 4.57 Å². The molecule has 0 N–H and O–H groups in total. The molecule has 1 aliphatic rings. The predicted molar refractivity (Wildman–Crippen MR) is 78.7 cm³/mol. The Labute approximate surface area is 125 Å². The number of benzene rings is 1. The maximum Gasteiger partial charge on any atom is 0.188 e. The van der Waals surface area contributed by atoms with Gasteiger partial charge in [0.05, 0.1) is 26.9 Å². The first kappa shape index (κ1) is 13.2. The molecule has 1 aromatic carbocycles. The van der Waals surface area contributed by atoms with E-state index in [1.54, 1.807) is 36.0 Å². The molecule has 0 spiro atoms. The minimum absolute atomic E-state index is 0.190. The molecule has 1 aromatic heterocycles. The van der Waals surface area contributed by atoms with Crippen LogP contribution in [0.5, 0.6) is 0 Å². The van der Waals surface area contributed by atoms with Gasteiger partial charge in [0.1, 0.15) is 0 Å². The Hall–Kier alpha value is -1.84. The summed E-state index contributed by atoms with van der Waals surface area (Å²) in [5.74, 6) is -0.407. The summed E-state index contributed by atoms with van der Waals surface area (Å²) in [6.07, 6.45) is 4.19. The Morgan fingerprint density at radius 2 is 1.55 bits per heavy atom. The standard InChI is InChI=1S/C15H9Cl2NO2/c1-18-7-8-11(19)5-6-12(20)13(8)15(18)14-9(16)3-2-4-10(14)17/h2-7H,1H3. The summed E-state index contributed by atoms with van der Waals surface area (Å²) < 4.78 is 1.71. The van der Waals surface area contributed by atoms with Crippen molar-refractivity contribution < 1.29 is 9.59 Å². The number of rotatable bonds is 1.